The lowest BCUT2D eigenvalue weighted by atomic mass is 10.0. The quantitative estimate of drug-likeness (QED) is 0.195. The Balaban J connectivity index is 1.68. The monoisotopic (exact) mass is 570 g/mol. The van der Waals surface area contributed by atoms with Crippen LogP contribution in [-0.4, -0.2) is 38.4 Å². The molecule has 0 aliphatic carbocycles. The number of hydrogen-bond donors (Lipinski definition) is 2. The van der Waals surface area contributed by atoms with Crippen LogP contribution in [0.4, 0.5) is 18.9 Å². The van der Waals surface area contributed by atoms with Crippen molar-refractivity contribution in [1.29, 1.82) is 0 Å². The maximum absolute atomic E-state index is 13.1. The molecule has 37 heavy (non-hydrogen) atoms. The van der Waals surface area contributed by atoms with Crippen LogP contribution < -0.4 is 5.32 Å². The van der Waals surface area contributed by atoms with Crippen molar-refractivity contribution in [2.45, 2.75) is 38.3 Å². The van der Waals surface area contributed by atoms with Gasteiger partial charge < -0.3 is 10.4 Å². The van der Waals surface area contributed by atoms with Gasteiger partial charge in [0.1, 0.15) is 27.6 Å². The maximum Gasteiger partial charge on any atom is 0.417 e. The van der Waals surface area contributed by atoms with Gasteiger partial charge in [-0.3, -0.25) is 9.59 Å². The number of nitrogens with one attached hydrogen (secondary N) is 1. The van der Waals surface area contributed by atoms with Crippen LogP contribution in [0, 0.1) is 11.8 Å². The number of alkyl halides is 3. The number of aliphatic hydroxyl groups excluding tert-OH is 1. The Labute approximate surface area is 224 Å². The zero-order valence-corrected chi connectivity index (χ0v) is 21.5. The molecule has 13 heteroatoms. The van der Waals surface area contributed by atoms with Crippen molar-refractivity contribution in [2.75, 3.05) is 11.9 Å². The van der Waals surface area contributed by atoms with E-state index in [4.69, 9.17) is 28.3 Å². The normalized spacial score (nSPS) is 12.0. The summed E-state index contributed by atoms with van der Waals surface area (Å²) in [5.74, 6) is 4.14. The molecule has 2 N–H and O–H groups in total. The number of carbonyl (C=O) groups excluding carboxylic acids is 2. The molecule has 0 radical (unpaired) electrons. The number of aromatic nitrogens is 3. The van der Waals surface area contributed by atoms with Crippen LogP contribution in [0.25, 0.3) is 0 Å². The molecule has 0 saturated heterocycles. The zero-order chi connectivity index (χ0) is 27.2. The number of nitrogens with zero attached hydrogens (tertiary/aromatic N) is 3. The highest BCUT2D eigenvalue weighted by Gasteiger charge is 2.33. The Morgan fingerprint density at radius 1 is 1.22 bits per heavy atom. The minimum absolute atomic E-state index is 0.00713. The van der Waals surface area contributed by atoms with Crippen LogP contribution in [0.15, 0.2) is 30.7 Å². The summed E-state index contributed by atoms with van der Waals surface area (Å²) >= 11 is 12.9. The smallest absolute Gasteiger partial charge is 0.396 e. The molecule has 0 fully saturated rings. The van der Waals surface area contributed by atoms with E-state index >= 15 is 0 Å². The SMILES string of the molecule is C[C@H](CC(=O)c1ncnc(C#CCCCO)c1Cl)c1ncc(C(=O)Nc2ccc(Cl)c(C(F)(F)F)c2)s1. The lowest BCUT2D eigenvalue weighted by Crippen LogP contribution is -2.12. The van der Waals surface area contributed by atoms with Crippen LogP contribution in [0.3, 0.4) is 0 Å². The van der Waals surface area contributed by atoms with Gasteiger partial charge in [0.2, 0.25) is 0 Å². The number of rotatable bonds is 8. The predicted molar refractivity (Wildman–Crippen MR) is 134 cm³/mol. The van der Waals surface area contributed by atoms with Gasteiger partial charge in [0.05, 0.1) is 21.8 Å². The Morgan fingerprint density at radius 3 is 2.68 bits per heavy atom. The molecule has 2 heterocycles. The molecule has 1 atom stereocenters. The van der Waals surface area contributed by atoms with E-state index in [-0.39, 0.29) is 45.8 Å². The number of Topliss-reactive ketones (excluding diaryl/α,β-unsaturated/α-hetero) is 1. The molecule has 7 nitrogen and oxygen atoms in total. The minimum atomic E-state index is -4.67. The van der Waals surface area contributed by atoms with Crippen LogP contribution in [0.5, 0.6) is 0 Å². The number of hydrogen-bond acceptors (Lipinski definition) is 7. The number of halogens is 5. The van der Waals surface area contributed by atoms with Crippen molar-refractivity contribution in [3.05, 3.63) is 67.6 Å². The summed E-state index contributed by atoms with van der Waals surface area (Å²) in [5, 5.41) is 11.2. The third-order valence-electron chi connectivity index (χ3n) is 4.91. The highest BCUT2D eigenvalue weighted by molar-refractivity contribution is 7.13. The topological polar surface area (TPSA) is 105 Å². The summed E-state index contributed by atoms with van der Waals surface area (Å²) < 4.78 is 39.2. The van der Waals surface area contributed by atoms with E-state index in [1.165, 1.54) is 18.6 Å². The Kier molecular flexibility index (Phi) is 9.62. The van der Waals surface area contributed by atoms with Gasteiger partial charge in [-0.15, -0.1) is 11.3 Å². The van der Waals surface area contributed by atoms with Gasteiger partial charge in [-0.1, -0.05) is 36.0 Å². The molecule has 3 rings (SSSR count). The van der Waals surface area contributed by atoms with Gasteiger partial charge in [0, 0.05) is 31.1 Å². The van der Waals surface area contributed by atoms with E-state index in [0.29, 0.717) is 17.8 Å². The van der Waals surface area contributed by atoms with E-state index in [0.717, 1.165) is 23.5 Å². The standard InChI is InChI=1S/C24H19Cl2F3N4O3S/c1-13(9-18(35)21-20(26)17(31-12-32-21)5-3-2-4-8-34)23-30-11-19(37-23)22(36)33-14-6-7-16(25)15(10-14)24(27,28)29/h6-7,10-13,34H,2,4,8-9H2,1H3,(H,33,36)/t13-/m1/s1. The van der Waals surface area contributed by atoms with Crippen molar-refractivity contribution in [3.63, 3.8) is 0 Å². The van der Waals surface area contributed by atoms with Gasteiger partial charge in [-0.05, 0) is 30.5 Å². The van der Waals surface area contributed by atoms with E-state index in [1.54, 1.807) is 6.92 Å². The first kappa shape index (κ1) is 28.5. The maximum atomic E-state index is 13.1. The summed E-state index contributed by atoms with van der Waals surface area (Å²) in [6.07, 6.45) is -1.27. The van der Waals surface area contributed by atoms with Gasteiger partial charge >= 0.3 is 6.18 Å². The van der Waals surface area contributed by atoms with Crippen molar-refractivity contribution in [3.8, 4) is 11.8 Å². The number of thiazole rings is 1. The molecule has 1 aromatic carbocycles. The number of unbranched alkanes of at least 4 members (excludes halogenated alkanes) is 1. The molecule has 0 bridgehead atoms. The first-order valence-corrected chi connectivity index (χ1v) is 12.4. The Morgan fingerprint density at radius 2 is 1.97 bits per heavy atom. The van der Waals surface area contributed by atoms with Crippen LogP contribution in [0.2, 0.25) is 10.0 Å². The highest BCUT2D eigenvalue weighted by atomic mass is 35.5. The summed E-state index contributed by atoms with van der Waals surface area (Å²) in [5.41, 5.74) is -0.928. The molecule has 1 amide bonds. The Hall–Kier alpha value is -3.04. The highest BCUT2D eigenvalue weighted by Crippen LogP contribution is 2.36. The molecule has 0 unspecified atom stereocenters. The molecular formula is C24H19Cl2F3N4O3S. The summed E-state index contributed by atoms with van der Waals surface area (Å²) in [6, 6.07) is 3.06. The lowest BCUT2D eigenvalue weighted by molar-refractivity contribution is -0.137. The third kappa shape index (κ3) is 7.49. The van der Waals surface area contributed by atoms with E-state index in [2.05, 4.69) is 32.1 Å². The number of anilines is 1. The van der Waals surface area contributed by atoms with Gasteiger partial charge in [0.25, 0.3) is 5.91 Å². The number of benzene rings is 1. The molecule has 0 saturated carbocycles. The van der Waals surface area contributed by atoms with Gasteiger partial charge in [0.15, 0.2) is 5.78 Å². The molecule has 0 spiro atoms. The average molecular weight is 571 g/mol. The van der Waals surface area contributed by atoms with Gasteiger partial charge in [-0.2, -0.15) is 13.2 Å². The van der Waals surface area contributed by atoms with Crippen molar-refractivity contribution in [1.82, 2.24) is 15.0 Å². The first-order chi connectivity index (χ1) is 17.5. The number of carbonyl (C=O) groups is 2. The average Bonchev–Trinajstić information content (AvgIpc) is 3.34. The third-order valence-corrected chi connectivity index (χ3v) is 6.83. The molecule has 0 aliphatic heterocycles. The second kappa shape index (κ2) is 12.5. The Bertz CT molecular complexity index is 1370. The fourth-order valence-corrected chi connectivity index (χ4v) is 4.40. The fourth-order valence-electron chi connectivity index (χ4n) is 3.06. The molecule has 2 aromatic heterocycles. The van der Waals surface area contributed by atoms with Crippen molar-refractivity contribution >= 4 is 51.9 Å². The lowest BCUT2D eigenvalue weighted by Gasteiger charge is -2.11. The summed E-state index contributed by atoms with van der Waals surface area (Å²) in [6.45, 7) is 1.74. The largest absolute Gasteiger partial charge is 0.417 e. The molecule has 3 aromatic rings. The number of ketones is 1. The summed E-state index contributed by atoms with van der Waals surface area (Å²) in [4.78, 5) is 37.7. The van der Waals surface area contributed by atoms with Crippen LogP contribution in [-0.2, 0) is 6.18 Å². The first-order valence-electron chi connectivity index (χ1n) is 10.8. The van der Waals surface area contributed by atoms with Crippen molar-refractivity contribution < 1.29 is 27.9 Å². The van der Waals surface area contributed by atoms with E-state index in [1.807, 2.05) is 0 Å². The predicted octanol–water partition coefficient (Wildman–Crippen LogP) is 6.01. The number of amides is 1. The molecule has 0 aliphatic rings. The zero-order valence-electron chi connectivity index (χ0n) is 19.2. The van der Waals surface area contributed by atoms with Crippen LogP contribution >= 0.6 is 34.5 Å². The number of aliphatic hydroxyl groups is 1. The summed E-state index contributed by atoms with van der Waals surface area (Å²) in [7, 11) is 0. The van der Waals surface area contributed by atoms with Crippen LogP contribution in [0.1, 0.15) is 68.5 Å². The van der Waals surface area contributed by atoms with E-state index < -0.39 is 28.6 Å². The van der Waals surface area contributed by atoms with Crippen molar-refractivity contribution in [2.24, 2.45) is 0 Å². The minimum Gasteiger partial charge on any atom is -0.396 e. The van der Waals surface area contributed by atoms with Gasteiger partial charge in [-0.25, -0.2) is 15.0 Å². The fraction of sp³-hybridized carbons (Fsp3) is 0.292. The molecular weight excluding hydrogens is 552 g/mol. The van der Waals surface area contributed by atoms with E-state index in [9.17, 15) is 22.8 Å². The second-order valence-corrected chi connectivity index (χ2v) is 9.60. The second-order valence-electron chi connectivity index (χ2n) is 7.75. The molecule has 194 valence electrons.